The molecule has 1 saturated heterocycles. The van der Waals surface area contributed by atoms with Crippen LogP contribution >= 0.6 is 0 Å². The lowest BCUT2D eigenvalue weighted by molar-refractivity contribution is -0.141. The fourth-order valence-corrected chi connectivity index (χ4v) is 5.32. The number of aryl methyl sites for hydroxylation is 1. The smallest absolute Gasteiger partial charge is 0.247 e. The SMILES string of the molecule is Cc1cc2cc(NC(=NC3CCCCN(CC(=O)N(CCc4ccccc4)Cc4ccccc4)C3=O)NC#N)ccc2o1. The number of carbonyl (C=O) groups excluding carboxylic acids is 2. The minimum atomic E-state index is -0.717. The summed E-state index contributed by atoms with van der Waals surface area (Å²) in [5.41, 5.74) is 3.66. The minimum absolute atomic E-state index is 0.0164. The first-order valence-electron chi connectivity index (χ1n) is 14.6. The van der Waals surface area contributed by atoms with E-state index in [1.807, 2.05) is 90.8 Å². The van der Waals surface area contributed by atoms with Gasteiger partial charge in [-0.2, -0.15) is 5.26 Å². The van der Waals surface area contributed by atoms with E-state index in [2.05, 4.69) is 27.8 Å². The second-order valence-corrected chi connectivity index (χ2v) is 10.8. The molecule has 0 spiro atoms. The van der Waals surface area contributed by atoms with Gasteiger partial charge in [0.25, 0.3) is 0 Å². The topological polar surface area (TPSA) is 114 Å². The van der Waals surface area contributed by atoms with Gasteiger partial charge >= 0.3 is 0 Å². The van der Waals surface area contributed by atoms with Crippen LogP contribution in [0.4, 0.5) is 5.69 Å². The number of guanidine groups is 1. The first-order chi connectivity index (χ1) is 21.0. The summed E-state index contributed by atoms with van der Waals surface area (Å²) in [6, 6.07) is 26.8. The van der Waals surface area contributed by atoms with E-state index in [-0.39, 0.29) is 24.3 Å². The van der Waals surface area contributed by atoms with Gasteiger partial charge in [0.2, 0.25) is 17.8 Å². The Labute approximate surface area is 251 Å². The van der Waals surface area contributed by atoms with Crippen molar-refractivity contribution < 1.29 is 14.0 Å². The Balaban J connectivity index is 1.30. The summed E-state index contributed by atoms with van der Waals surface area (Å²) in [5.74, 6) is 0.669. The van der Waals surface area contributed by atoms with Crippen LogP contribution in [0, 0.1) is 18.4 Å². The molecule has 1 atom stereocenters. The molecule has 1 aromatic heterocycles. The molecule has 220 valence electrons. The van der Waals surface area contributed by atoms with Crippen molar-refractivity contribution in [3.63, 3.8) is 0 Å². The number of furan rings is 1. The number of hydrogen-bond acceptors (Lipinski definition) is 5. The molecule has 4 aromatic rings. The van der Waals surface area contributed by atoms with Crippen LogP contribution in [0.3, 0.4) is 0 Å². The van der Waals surface area contributed by atoms with Gasteiger partial charge in [-0.05, 0) is 68.0 Å². The molecule has 0 radical (unpaired) electrons. The molecule has 0 saturated carbocycles. The summed E-state index contributed by atoms with van der Waals surface area (Å²) in [6.45, 7) is 3.37. The highest BCUT2D eigenvalue weighted by molar-refractivity contribution is 5.98. The van der Waals surface area contributed by atoms with E-state index in [1.165, 1.54) is 0 Å². The number of anilines is 1. The molecule has 0 bridgehead atoms. The molecule has 9 heteroatoms. The van der Waals surface area contributed by atoms with E-state index in [4.69, 9.17) is 4.42 Å². The van der Waals surface area contributed by atoms with Crippen LogP contribution in [0.2, 0.25) is 0 Å². The summed E-state index contributed by atoms with van der Waals surface area (Å²) in [5, 5.41) is 16.0. The van der Waals surface area contributed by atoms with Gasteiger partial charge in [-0.15, -0.1) is 0 Å². The number of fused-ring (bicyclic) bond motifs is 1. The zero-order valence-corrected chi connectivity index (χ0v) is 24.3. The van der Waals surface area contributed by atoms with E-state index < -0.39 is 6.04 Å². The lowest BCUT2D eigenvalue weighted by Crippen LogP contribution is -2.46. The Kier molecular flexibility index (Phi) is 9.70. The monoisotopic (exact) mass is 576 g/mol. The van der Waals surface area contributed by atoms with Crippen molar-refractivity contribution in [1.29, 1.82) is 5.26 Å². The average molecular weight is 577 g/mol. The molecule has 5 rings (SSSR count). The summed E-state index contributed by atoms with van der Waals surface area (Å²) in [7, 11) is 0. The Morgan fingerprint density at radius 1 is 1.05 bits per heavy atom. The van der Waals surface area contributed by atoms with Gasteiger partial charge in [0.05, 0.1) is 6.54 Å². The molecule has 1 aliphatic rings. The third-order valence-corrected chi connectivity index (χ3v) is 7.52. The molecule has 2 heterocycles. The van der Waals surface area contributed by atoms with Crippen LogP contribution in [-0.4, -0.2) is 53.2 Å². The van der Waals surface area contributed by atoms with Crippen LogP contribution in [0.1, 0.15) is 36.1 Å². The lowest BCUT2D eigenvalue weighted by atomic mass is 10.1. The molecule has 3 aromatic carbocycles. The predicted octanol–water partition coefficient (Wildman–Crippen LogP) is 5.23. The number of nitrogens with one attached hydrogen (secondary N) is 2. The zero-order chi connectivity index (χ0) is 30.0. The maximum absolute atomic E-state index is 13.7. The number of nitrogens with zero attached hydrogens (tertiary/aromatic N) is 4. The van der Waals surface area contributed by atoms with E-state index in [9.17, 15) is 14.9 Å². The van der Waals surface area contributed by atoms with E-state index >= 15 is 0 Å². The largest absolute Gasteiger partial charge is 0.461 e. The van der Waals surface area contributed by atoms with Crippen LogP contribution in [0.25, 0.3) is 11.0 Å². The van der Waals surface area contributed by atoms with Gasteiger partial charge in [0, 0.05) is 30.7 Å². The Bertz CT molecular complexity index is 1610. The second kappa shape index (κ2) is 14.2. The van der Waals surface area contributed by atoms with Gasteiger partial charge in [-0.1, -0.05) is 60.7 Å². The number of rotatable bonds is 9. The first kappa shape index (κ1) is 29.4. The van der Waals surface area contributed by atoms with Gasteiger partial charge in [0.1, 0.15) is 17.4 Å². The molecule has 43 heavy (non-hydrogen) atoms. The van der Waals surface area contributed by atoms with Gasteiger partial charge in [-0.25, -0.2) is 4.99 Å². The molecule has 9 nitrogen and oxygen atoms in total. The minimum Gasteiger partial charge on any atom is -0.461 e. The van der Waals surface area contributed by atoms with E-state index in [0.717, 1.165) is 47.1 Å². The van der Waals surface area contributed by atoms with Crippen molar-refractivity contribution in [3.8, 4) is 6.19 Å². The molecule has 2 N–H and O–H groups in total. The van der Waals surface area contributed by atoms with Crippen molar-refractivity contribution in [3.05, 3.63) is 102 Å². The molecule has 1 aliphatic heterocycles. The standard InChI is InChI=1S/C34H36N6O3/c1-25-20-28-21-29(15-16-31(28)43-25)37-34(36-24-35)38-30-14-8-9-18-40(33(30)42)23-32(41)39(22-27-12-6-3-7-13-27)19-17-26-10-4-2-5-11-26/h2-7,10-13,15-16,20-21,30H,8-9,14,17-19,22-23H2,1H3,(H2,36,37,38). The maximum Gasteiger partial charge on any atom is 0.247 e. The number of hydrogen-bond donors (Lipinski definition) is 2. The molecule has 0 aliphatic carbocycles. The molecular weight excluding hydrogens is 540 g/mol. The van der Waals surface area contributed by atoms with Crippen molar-refractivity contribution in [2.24, 2.45) is 4.99 Å². The summed E-state index contributed by atoms with van der Waals surface area (Å²) >= 11 is 0. The number of aliphatic imine (C=N–C) groups is 1. The number of benzene rings is 3. The molecule has 1 fully saturated rings. The van der Waals surface area contributed by atoms with Crippen LogP contribution in [0.15, 0.2) is 94.3 Å². The average Bonchev–Trinajstić information content (AvgIpc) is 3.31. The summed E-state index contributed by atoms with van der Waals surface area (Å²) < 4.78 is 5.65. The van der Waals surface area contributed by atoms with Crippen molar-refractivity contribution in [2.45, 2.75) is 45.2 Å². The second-order valence-electron chi connectivity index (χ2n) is 10.8. The van der Waals surface area contributed by atoms with Gasteiger partial charge in [0.15, 0.2) is 6.19 Å². The van der Waals surface area contributed by atoms with Crippen LogP contribution < -0.4 is 10.6 Å². The highest BCUT2D eigenvalue weighted by Crippen LogP contribution is 2.23. The fraction of sp³-hybridized carbons (Fsp3) is 0.294. The first-order valence-corrected chi connectivity index (χ1v) is 14.6. The molecular formula is C34H36N6O3. The van der Waals surface area contributed by atoms with E-state index in [1.54, 1.807) is 4.90 Å². The third-order valence-electron chi connectivity index (χ3n) is 7.52. The Morgan fingerprint density at radius 3 is 2.53 bits per heavy atom. The summed E-state index contributed by atoms with van der Waals surface area (Å²) in [6.07, 6.45) is 4.72. The normalized spacial score (nSPS) is 15.5. The number of likely N-dealkylation sites (tertiary alicyclic amines) is 1. The van der Waals surface area contributed by atoms with Crippen molar-refractivity contribution >= 4 is 34.4 Å². The Hall–Kier alpha value is -5.10. The highest BCUT2D eigenvalue weighted by atomic mass is 16.3. The predicted molar refractivity (Wildman–Crippen MR) is 167 cm³/mol. The zero-order valence-electron chi connectivity index (χ0n) is 24.3. The third kappa shape index (κ3) is 8.01. The van der Waals surface area contributed by atoms with E-state index in [0.29, 0.717) is 31.7 Å². The lowest BCUT2D eigenvalue weighted by Gasteiger charge is -2.28. The Morgan fingerprint density at radius 2 is 1.79 bits per heavy atom. The number of amides is 2. The summed E-state index contributed by atoms with van der Waals surface area (Å²) in [4.78, 5) is 35.5. The van der Waals surface area contributed by atoms with Gasteiger partial charge < -0.3 is 19.5 Å². The molecule has 2 amide bonds. The fourth-order valence-electron chi connectivity index (χ4n) is 5.32. The number of nitriles is 1. The van der Waals surface area contributed by atoms with Crippen LogP contribution in [0.5, 0.6) is 0 Å². The highest BCUT2D eigenvalue weighted by Gasteiger charge is 2.30. The maximum atomic E-state index is 13.7. The number of carbonyl (C=O) groups is 2. The van der Waals surface area contributed by atoms with Crippen molar-refractivity contribution in [2.75, 3.05) is 25.0 Å². The van der Waals surface area contributed by atoms with Crippen LogP contribution in [-0.2, 0) is 22.6 Å². The van der Waals surface area contributed by atoms with Gasteiger partial charge in [-0.3, -0.25) is 14.9 Å². The molecule has 1 unspecified atom stereocenters. The van der Waals surface area contributed by atoms with Crippen molar-refractivity contribution in [1.82, 2.24) is 15.1 Å². The quantitative estimate of drug-likeness (QED) is 0.122.